The summed E-state index contributed by atoms with van der Waals surface area (Å²) in [5, 5.41) is 6.73. The number of aliphatic imine (C=N–C) groups is 1. The summed E-state index contributed by atoms with van der Waals surface area (Å²) in [4.78, 5) is 9.79. The van der Waals surface area contributed by atoms with Gasteiger partial charge in [0, 0.05) is 57.6 Å². The molecule has 0 saturated carbocycles. The fraction of sp³-hybridized carbons (Fsp3) is 0.650. The second kappa shape index (κ2) is 14.5. The fourth-order valence-corrected chi connectivity index (χ4v) is 3.60. The first-order valence-electron chi connectivity index (χ1n) is 9.73. The lowest BCUT2D eigenvalue weighted by atomic mass is 10.0. The summed E-state index contributed by atoms with van der Waals surface area (Å²) in [5.41, 5.74) is 1.43. The topological polar surface area (TPSA) is 42.9 Å². The number of guanidine groups is 1. The maximum absolute atomic E-state index is 4.73. The highest BCUT2D eigenvalue weighted by molar-refractivity contribution is 14.0. The molecule has 2 rings (SSSR count). The number of benzene rings is 1. The zero-order valence-electron chi connectivity index (χ0n) is 17.0. The molecule has 7 heteroatoms. The van der Waals surface area contributed by atoms with E-state index in [2.05, 4.69) is 71.0 Å². The van der Waals surface area contributed by atoms with Gasteiger partial charge in [0.05, 0.1) is 0 Å². The summed E-state index contributed by atoms with van der Waals surface area (Å²) in [7, 11) is 2.22. The van der Waals surface area contributed by atoms with E-state index in [9.17, 15) is 0 Å². The average molecular weight is 506 g/mol. The van der Waals surface area contributed by atoms with Crippen molar-refractivity contribution in [2.75, 3.05) is 64.9 Å². The zero-order chi connectivity index (χ0) is 18.6. The SMILES string of the molecule is CCNC(=NCCCN1CCN(C)CC1c1ccccc1)NCCSC.I. The van der Waals surface area contributed by atoms with Gasteiger partial charge < -0.3 is 15.5 Å². The molecule has 0 aliphatic carbocycles. The first kappa shape index (κ1) is 24.5. The monoisotopic (exact) mass is 505 g/mol. The summed E-state index contributed by atoms with van der Waals surface area (Å²) < 4.78 is 0. The van der Waals surface area contributed by atoms with E-state index in [0.717, 1.165) is 63.9 Å². The molecule has 1 aliphatic rings. The predicted octanol–water partition coefficient (Wildman–Crippen LogP) is 2.90. The molecule has 2 N–H and O–H groups in total. The van der Waals surface area contributed by atoms with E-state index in [0.29, 0.717) is 6.04 Å². The third-order valence-corrected chi connectivity index (χ3v) is 5.31. The highest BCUT2D eigenvalue weighted by atomic mass is 127. The Bertz CT molecular complexity index is 528. The van der Waals surface area contributed by atoms with Crippen LogP contribution in [0.1, 0.15) is 24.9 Å². The molecule has 1 unspecified atom stereocenters. The van der Waals surface area contributed by atoms with Gasteiger partial charge in [-0.05, 0) is 32.2 Å². The second-order valence-electron chi connectivity index (χ2n) is 6.76. The Morgan fingerprint density at radius 3 is 2.70 bits per heavy atom. The second-order valence-corrected chi connectivity index (χ2v) is 7.74. The smallest absolute Gasteiger partial charge is 0.191 e. The van der Waals surface area contributed by atoms with Crippen molar-refractivity contribution in [1.82, 2.24) is 20.4 Å². The number of rotatable bonds is 9. The summed E-state index contributed by atoms with van der Waals surface area (Å²) in [5.74, 6) is 2.05. The van der Waals surface area contributed by atoms with E-state index in [1.807, 2.05) is 11.8 Å². The fourth-order valence-electron chi connectivity index (χ4n) is 3.29. The first-order valence-corrected chi connectivity index (χ1v) is 11.1. The molecule has 5 nitrogen and oxygen atoms in total. The summed E-state index contributed by atoms with van der Waals surface area (Å²) in [6.45, 7) is 9.31. The first-order chi connectivity index (χ1) is 12.7. The van der Waals surface area contributed by atoms with Gasteiger partial charge in [-0.15, -0.1) is 24.0 Å². The lowest BCUT2D eigenvalue weighted by Crippen LogP contribution is -2.47. The van der Waals surface area contributed by atoms with Crippen molar-refractivity contribution in [3.63, 3.8) is 0 Å². The van der Waals surface area contributed by atoms with Crippen molar-refractivity contribution in [2.45, 2.75) is 19.4 Å². The molecule has 1 aliphatic heterocycles. The number of nitrogens with one attached hydrogen (secondary N) is 2. The predicted molar refractivity (Wildman–Crippen MR) is 131 cm³/mol. The van der Waals surface area contributed by atoms with Crippen LogP contribution in [0.5, 0.6) is 0 Å². The summed E-state index contributed by atoms with van der Waals surface area (Å²) in [6.07, 6.45) is 3.22. The minimum Gasteiger partial charge on any atom is -0.357 e. The maximum Gasteiger partial charge on any atom is 0.191 e. The Balaban J connectivity index is 0.00000364. The van der Waals surface area contributed by atoms with Gasteiger partial charge in [0.25, 0.3) is 0 Å². The molecule has 0 spiro atoms. The standard InChI is InChI=1S/C20H35N5S.HI/c1-4-21-20(23-12-16-26-3)22-11-8-13-25-15-14-24(2)17-19(25)18-9-6-5-7-10-18;/h5-7,9-10,19H,4,8,11-17H2,1-3H3,(H2,21,22,23);1H. The van der Waals surface area contributed by atoms with Gasteiger partial charge in [-0.1, -0.05) is 30.3 Å². The maximum atomic E-state index is 4.73. The van der Waals surface area contributed by atoms with E-state index in [1.165, 1.54) is 5.56 Å². The molecule has 1 aromatic carbocycles. The van der Waals surface area contributed by atoms with Crippen LogP contribution in [0.2, 0.25) is 0 Å². The van der Waals surface area contributed by atoms with Gasteiger partial charge in [-0.3, -0.25) is 9.89 Å². The lowest BCUT2D eigenvalue weighted by molar-refractivity contribution is 0.0894. The van der Waals surface area contributed by atoms with Crippen molar-refractivity contribution in [1.29, 1.82) is 0 Å². The van der Waals surface area contributed by atoms with Crippen LogP contribution in [0, 0.1) is 0 Å². The Morgan fingerprint density at radius 2 is 2.00 bits per heavy atom. The molecule has 1 fully saturated rings. The number of nitrogens with zero attached hydrogens (tertiary/aromatic N) is 3. The van der Waals surface area contributed by atoms with Crippen LogP contribution >= 0.6 is 35.7 Å². The van der Waals surface area contributed by atoms with Crippen molar-refractivity contribution in [3.8, 4) is 0 Å². The summed E-state index contributed by atoms with van der Waals surface area (Å²) in [6, 6.07) is 11.4. The number of halogens is 1. The van der Waals surface area contributed by atoms with Gasteiger partial charge in [0.2, 0.25) is 0 Å². The molecule has 27 heavy (non-hydrogen) atoms. The van der Waals surface area contributed by atoms with Gasteiger partial charge in [-0.25, -0.2) is 0 Å². The Morgan fingerprint density at radius 1 is 1.22 bits per heavy atom. The number of hydrogen-bond acceptors (Lipinski definition) is 4. The van der Waals surface area contributed by atoms with E-state index in [1.54, 1.807) is 0 Å². The van der Waals surface area contributed by atoms with Gasteiger partial charge in [0.1, 0.15) is 0 Å². The third-order valence-electron chi connectivity index (χ3n) is 4.69. The molecular weight excluding hydrogens is 469 g/mol. The molecule has 0 radical (unpaired) electrons. The molecule has 1 heterocycles. The summed E-state index contributed by atoms with van der Waals surface area (Å²) >= 11 is 1.85. The Hall–Kier alpha value is -0.510. The van der Waals surface area contributed by atoms with E-state index >= 15 is 0 Å². The van der Waals surface area contributed by atoms with Crippen LogP contribution in [0.15, 0.2) is 35.3 Å². The van der Waals surface area contributed by atoms with Crippen molar-refractivity contribution >= 4 is 41.7 Å². The molecule has 154 valence electrons. The van der Waals surface area contributed by atoms with Crippen LogP contribution < -0.4 is 10.6 Å². The quantitative estimate of drug-likeness (QED) is 0.234. The molecular formula is C20H36IN5S. The van der Waals surface area contributed by atoms with Crippen LogP contribution in [-0.2, 0) is 0 Å². The Labute approximate surface area is 186 Å². The Kier molecular flexibility index (Phi) is 13.2. The van der Waals surface area contributed by atoms with Crippen molar-refractivity contribution in [3.05, 3.63) is 35.9 Å². The van der Waals surface area contributed by atoms with E-state index < -0.39 is 0 Å². The molecule has 0 amide bonds. The normalized spacial score (nSPS) is 18.8. The highest BCUT2D eigenvalue weighted by Crippen LogP contribution is 2.24. The highest BCUT2D eigenvalue weighted by Gasteiger charge is 2.25. The van der Waals surface area contributed by atoms with Crippen LogP contribution in [-0.4, -0.2) is 80.6 Å². The molecule has 1 atom stereocenters. The van der Waals surface area contributed by atoms with Crippen LogP contribution in [0.3, 0.4) is 0 Å². The average Bonchev–Trinajstić information content (AvgIpc) is 2.67. The van der Waals surface area contributed by atoms with Gasteiger partial charge in [0.15, 0.2) is 5.96 Å². The zero-order valence-corrected chi connectivity index (χ0v) is 20.1. The number of thioether (sulfide) groups is 1. The largest absolute Gasteiger partial charge is 0.357 e. The van der Waals surface area contributed by atoms with Crippen LogP contribution in [0.4, 0.5) is 0 Å². The van der Waals surface area contributed by atoms with E-state index in [-0.39, 0.29) is 24.0 Å². The number of hydrogen-bond donors (Lipinski definition) is 2. The van der Waals surface area contributed by atoms with Gasteiger partial charge in [-0.2, -0.15) is 11.8 Å². The molecule has 0 aromatic heterocycles. The third kappa shape index (κ3) is 9.02. The van der Waals surface area contributed by atoms with Crippen molar-refractivity contribution in [2.24, 2.45) is 4.99 Å². The van der Waals surface area contributed by atoms with E-state index in [4.69, 9.17) is 4.99 Å². The molecule has 0 bridgehead atoms. The van der Waals surface area contributed by atoms with Crippen molar-refractivity contribution < 1.29 is 0 Å². The lowest BCUT2D eigenvalue weighted by Gasteiger charge is -2.40. The molecule has 1 aromatic rings. The van der Waals surface area contributed by atoms with Crippen LogP contribution in [0.25, 0.3) is 0 Å². The minimum absolute atomic E-state index is 0. The number of piperazine rings is 1. The van der Waals surface area contributed by atoms with Gasteiger partial charge >= 0.3 is 0 Å². The molecule has 1 saturated heterocycles. The minimum atomic E-state index is 0. The number of likely N-dealkylation sites (N-methyl/N-ethyl adjacent to an activating group) is 1.